The van der Waals surface area contributed by atoms with Crippen molar-refractivity contribution in [3.63, 3.8) is 0 Å². The molecule has 3 heteroatoms. The van der Waals surface area contributed by atoms with Crippen molar-refractivity contribution in [3.8, 4) is 0 Å². The van der Waals surface area contributed by atoms with Gasteiger partial charge < -0.3 is 0 Å². The van der Waals surface area contributed by atoms with Crippen molar-refractivity contribution in [3.05, 3.63) is 46.0 Å². The molecule has 1 fully saturated rings. The maximum absolute atomic E-state index is 5.78. The van der Waals surface area contributed by atoms with Gasteiger partial charge in [0.2, 0.25) is 0 Å². The van der Waals surface area contributed by atoms with Crippen LogP contribution >= 0.6 is 23.2 Å². The fourth-order valence-corrected chi connectivity index (χ4v) is 4.23. The smallest absolute Gasteiger partial charge is 0.104 e. The van der Waals surface area contributed by atoms with Crippen LogP contribution in [0.1, 0.15) is 31.4 Å². The Balaban J connectivity index is 1.93. The molecule has 0 N–H and O–H groups in total. The summed E-state index contributed by atoms with van der Waals surface area (Å²) in [6.07, 6.45) is 4.26. The number of nitrogens with zero attached hydrogens (tertiary/aromatic N) is 1. The normalized spacial score (nSPS) is 32.6. The molecule has 3 rings (SSSR count). The first-order chi connectivity index (χ1) is 9.52. The van der Waals surface area contributed by atoms with Crippen LogP contribution < -0.4 is 0 Å². The van der Waals surface area contributed by atoms with Crippen LogP contribution in [0.25, 0.3) is 0 Å². The molecule has 0 spiro atoms. The van der Waals surface area contributed by atoms with Crippen LogP contribution in [0.2, 0.25) is 0 Å². The van der Waals surface area contributed by atoms with Gasteiger partial charge >= 0.3 is 0 Å². The minimum Gasteiger partial charge on any atom is -0.296 e. The summed E-state index contributed by atoms with van der Waals surface area (Å²) in [7, 11) is 0. The summed E-state index contributed by atoms with van der Waals surface area (Å²) < 4.78 is 0.377. The van der Waals surface area contributed by atoms with Crippen LogP contribution in [0.4, 0.5) is 0 Å². The Morgan fingerprint density at radius 2 is 2.15 bits per heavy atom. The third-order valence-electron chi connectivity index (χ3n) is 5.51. The molecule has 0 radical (unpaired) electrons. The van der Waals surface area contributed by atoms with Crippen LogP contribution in [0.3, 0.4) is 0 Å². The van der Waals surface area contributed by atoms with Gasteiger partial charge in [0, 0.05) is 12.6 Å². The molecular weight excluding hydrogens is 289 g/mol. The van der Waals surface area contributed by atoms with Gasteiger partial charge in [0.1, 0.15) is 4.49 Å². The van der Waals surface area contributed by atoms with E-state index in [1.807, 2.05) is 6.08 Å². The van der Waals surface area contributed by atoms with Gasteiger partial charge in [0.15, 0.2) is 0 Å². The van der Waals surface area contributed by atoms with E-state index in [1.54, 1.807) is 5.56 Å². The first kappa shape index (κ1) is 14.4. The van der Waals surface area contributed by atoms with E-state index in [4.69, 9.17) is 23.2 Å². The van der Waals surface area contributed by atoms with Gasteiger partial charge in [0.25, 0.3) is 0 Å². The highest BCUT2D eigenvalue weighted by atomic mass is 35.5. The molecule has 1 heterocycles. The van der Waals surface area contributed by atoms with Crippen LogP contribution in [0.15, 0.2) is 34.8 Å². The fraction of sp³-hybridized carbons (Fsp3) is 0.529. The summed E-state index contributed by atoms with van der Waals surface area (Å²) in [5.41, 5.74) is 3.39. The van der Waals surface area contributed by atoms with Gasteiger partial charge in [-0.3, -0.25) is 4.90 Å². The van der Waals surface area contributed by atoms with E-state index in [9.17, 15) is 0 Å². The van der Waals surface area contributed by atoms with E-state index in [2.05, 4.69) is 43.0 Å². The van der Waals surface area contributed by atoms with Crippen LogP contribution in [0, 0.1) is 5.92 Å². The van der Waals surface area contributed by atoms with Crippen LogP contribution in [-0.2, 0) is 11.8 Å². The number of hydrogen-bond acceptors (Lipinski definition) is 1. The van der Waals surface area contributed by atoms with Gasteiger partial charge in [-0.15, -0.1) is 0 Å². The lowest BCUT2D eigenvalue weighted by Gasteiger charge is -2.54. The highest BCUT2D eigenvalue weighted by molar-refractivity contribution is 6.55. The number of benzene rings is 1. The number of rotatable bonds is 2. The van der Waals surface area contributed by atoms with Crippen LogP contribution in [0.5, 0.6) is 0 Å². The molecule has 0 aromatic heterocycles. The van der Waals surface area contributed by atoms with Crippen molar-refractivity contribution < 1.29 is 0 Å². The number of piperidine rings is 1. The topological polar surface area (TPSA) is 3.24 Å². The molecule has 1 aliphatic carbocycles. The minimum absolute atomic E-state index is 0.310. The molecular formula is C17H21Cl2N. The third kappa shape index (κ3) is 2.30. The Morgan fingerprint density at radius 3 is 2.90 bits per heavy atom. The lowest BCUT2D eigenvalue weighted by molar-refractivity contribution is 0.0399. The summed E-state index contributed by atoms with van der Waals surface area (Å²) >= 11 is 11.6. The second kappa shape index (κ2) is 5.36. The number of fused-ring (bicyclic) bond motifs is 4. The molecule has 1 aliphatic heterocycles. The average Bonchev–Trinajstić information content (AvgIpc) is 2.42. The van der Waals surface area contributed by atoms with Gasteiger partial charge in [-0.05, 0) is 47.9 Å². The van der Waals surface area contributed by atoms with E-state index in [1.165, 1.54) is 12.0 Å². The number of hydrogen-bond donors (Lipinski definition) is 0. The predicted octanol–water partition coefficient (Wildman–Crippen LogP) is 4.53. The second-order valence-corrected chi connectivity index (χ2v) is 7.38. The van der Waals surface area contributed by atoms with Gasteiger partial charge in [-0.1, -0.05) is 61.3 Å². The van der Waals surface area contributed by atoms with Crippen molar-refractivity contribution in [2.24, 2.45) is 5.92 Å². The Morgan fingerprint density at radius 1 is 1.40 bits per heavy atom. The summed E-state index contributed by atoms with van der Waals surface area (Å²) in [5, 5.41) is 0. The number of halogens is 2. The Labute approximate surface area is 131 Å². The Bertz CT molecular complexity index is 536. The molecule has 0 amide bonds. The summed E-state index contributed by atoms with van der Waals surface area (Å²) in [6, 6.07) is 9.55. The van der Waals surface area contributed by atoms with Crippen molar-refractivity contribution >= 4 is 23.2 Å². The van der Waals surface area contributed by atoms with E-state index < -0.39 is 0 Å². The summed E-state index contributed by atoms with van der Waals surface area (Å²) in [6.45, 7) is 6.82. The quantitative estimate of drug-likeness (QED) is 0.776. The van der Waals surface area contributed by atoms with Gasteiger partial charge in [-0.25, -0.2) is 0 Å². The molecule has 20 heavy (non-hydrogen) atoms. The monoisotopic (exact) mass is 309 g/mol. The highest BCUT2D eigenvalue weighted by Crippen LogP contribution is 2.48. The Kier molecular flexibility index (Phi) is 3.87. The molecule has 1 aromatic rings. The maximum atomic E-state index is 5.78. The lowest BCUT2D eigenvalue weighted by Crippen LogP contribution is -2.57. The van der Waals surface area contributed by atoms with E-state index in [-0.39, 0.29) is 0 Å². The molecule has 1 nitrogen and oxygen atoms in total. The standard InChI is InChI=1S/C17H21Cl2N/c1-12-15-11-13-5-3-4-6-14(13)17(12,2)8-10-20(15)9-7-16(18)19/h3-7,12,15H,8-11H2,1-2H3. The molecule has 2 aliphatic rings. The van der Waals surface area contributed by atoms with E-state index in [0.29, 0.717) is 21.9 Å². The molecule has 0 saturated carbocycles. The molecule has 108 valence electrons. The van der Waals surface area contributed by atoms with Crippen molar-refractivity contribution in [1.82, 2.24) is 4.90 Å². The fourth-order valence-electron chi connectivity index (χ4n) is 4.09. The first-order valence-electron chi connectivity index (χ1n) is 7.36. The van der Waals surface area contributed by atoms with Crippen LogP contribution in [-0.4, -0.2) is 24.0 Å². The molecule has 1 aromatic carbocycles. The van der Waals surface area contributed by atoms with Crippen molar-refractivity contribution in [2.75, 3.05) is 13.1 Å². The lowest BCUT2D eigenvalue weighted by atomic mass is 9.59. The third-order valence-corrected chi connectivity index (χ3v) is 5.82. The maximum Gasteiger partial charge on any atom is 0.104 e. The highest BCUT2D eigenvalue weighted by Gasteiger charge is 2.47. The van der Waals surface area contributed by atoms with E-state index >= 15 is 0 Å². The molecule has 2 bridgehead atoms. The zero-order chi connectivity index (χ0) is 14.3. The zero-order valence-electron chi connectivity index (χ0n) is 12.1. The van der Waals surface area contributed by atoms with Gasteiger partial charge in [0.05, 0.1) is 0 Å². The first-order valence-corrected chi connectivity index (χ1v) is 8.11. The molecule has 3 unspecified atom stereocenters. The average molecular weight is 310 g/mol. The Hall–Kier alpha value is -0.500. The molecule has 1 saturated heterocycles. The van der Waals surface area contributed by atoms with E-state index in [0.717, 1.165) is 19.5 Å². The zero-order valence-corrected chi connectivity index (χ0v) is 13.6. The second-order valence-electron chi connectivity index (χ2n) is 6.37. The van der Waals surface area contributed by atoms with Gasteiger partial charge in [-0.2, -0.15) is 0 Å². The van der Waals surface area contributed by atoms with Crippen molar-refractivity contribution in [1.29, 1.82) is 0 Å². The number of likely N-dealkylation sites (tertiary alicyclic amines) is 1. The minimum atomic E-state index is 0.310. The molecule has 3 atom stereocenters. The predicted molar refractivity (Wildman–Crippen MR) is 86.4 cm³/mol. The van der Waals surface area contributed by atoms with Crippen molar-refractivity contribution in [2.45, 2.75) is 38.1 Å². The largest absolute Gasteiger partial charge is 0.296 e. The SMILES string of the molecule is CC1C2Cc3ccccc3C1(C)CCN2CC=C(Cl)Cl. The summed E-state index contributed by atoms with van der Waals surface area (Å²) in [5.74, 6) is 0.661. The summed E-state index contributed by atoms with van der Waals surface area (Å²) in [4.78, 5) is 2.53.